The number of aliphatic hydroxyl groups is 1. The van der Waals surface area contributed by atoms with Gasteiger partial charge >= 0.3 is 5.97 Å². The summed E-state index contributed by atoms with van der Waals surface area (Å²) in [4.78, 5) is 36.2. The number of esters is 1. The minimum absolute atomic E-state index is 0.0682. The molecule has 0 spiro atoms. The predicted molar refractivity (Wildman–Crippen MR) is 108 cm³/mol. The number of halogens is 1. The van der Waals surface area contributed by atoms with Gasteiger partial charge < -0.3 is 9.84 Å². The van der Waals surface area contributed by atoms with Crippen molar-refractivity contribution in [1.82, 2.24) is 0 Å². The molecule has 4 rings (SSSR count). The van der Waals surface area contributed by atoms with Crippen molar-refractivity contribution in [1.29, 1.82) is 0 Å². The summed E-state index contributed by atoms with van der Waals surface area (Å²) in [5.41, 5.74) is -0.565. The Morgan fingerprint density at radius 3 is 2.59 bits per heavy atom. The van der Waals surface area contributed by atoms with E-state index in [0.717, 1.165) is 38.5 Å². The van der Waals surface area contributed by atoms with Crippen LogP contribution in [0.2, 0.25) is 0 Å². The molecule has 0 saturated heterocycles. The molecule has 3 saturated carbocycles. The molecule has 6 heteroatoms. The van der Waals surface area contributed by atoms with Crippen LogP contribution in [0.1, 0.15) is 65.2 Å². The zero-order valence-corrected chi connectivity index (χ0v) is 18.1. The van der Waals surface area contributed by atoms with Crippen molar-refractivity contribution in [2.45, 2.75) is 70.8 Å². The van der Waals surface area contributed by atoms with Gasteiger partial charge in [0.1, 0.15) is 11.5 Å². The van der Waals surface area contributed by atoms with Crippen LogP contribution in [0.25, 0.3) is 0 Å². The summed E-state index contributed by atoms with van der Waals surface area (Å²) < 4.78 is 4.94. The molecule has 4 aliphatic carbocycles. The topological polar surface area (TPSA) is 80.7 Å². The van der Waals surface area contributed by atoms with Crippen molar-refractivity contribution in [2.24, 2.45) is 28.6 Å². The lowest BCUT2D eigenvalue weighted by Crippen LogP contribution is -2.58. The lowest BCUT2D eigenvalue weighted by Gasteiger charge is -2.58. The summed E-state index contributed by atoms with van der Waals surface area (Å²) in [7, 11) is 0. The molecule has 6 atom stereocenters. The monoisotopic (exact) mass is 422 g/mol. The summed E-state index contributed by atoms with van der Waals surface area (Å²) in [6.07, 6.45) is 8.37. The maximum atomic E-state index is 12.9. The summed E-state index contributed by atoms with van der Waals surface area (Å²) >= 11 is 5.45. The van der Waals surface area contributed by atoms with E-state index in [1.165, 1.54) is 5.57 Å². The highest BCUT2D eigenvalue weighted by atomic mass is 35.5. The zero-order chi connectivity index (χ0) is 21.0. The second-order valence-electron chi connectivity index (χ2n) is 10.0. The molecule has 4 aliphatic rings. The molecule has 0 aromatic carbocycles. The van der Waals surface area contributed by atoms with Crippen molar-refractivity contribution in [3.05, 3.63) is 11.6 Å². The maximum Gasteiger partial charge on any atom is 0.321 e. The number of Topliss-reactive ketones (excluding diaryl/α,β-unsaturated/α-hetero) is 1. The molecule has 0 radical (unpaired) electrons. The van der Waals surface area contributed by atoms with Gasteiger partial charge in [0.15, 0.2) is 12.4 Å². The first-order valence-electron chi connectivity index (χ1n) is 10.9. The minimum Gasteiger partial charge on any atom is -0.457 e. The molecule has 0 heterocycles. The van der Waals surface area contributed by atoms with Crippen LogP contribution < -0.4 is 0 Å². The van der Waals surface area contributed by atoms with Crippen molar-refractivity contribution < 1.29 is 24.2 Å². The summed E-state index contributed by atoms with van der Waals surface area (Å²) in [6.45, 7) is 3.97. The van der Waals surface area contributed by atoms with Crippen molar-refractivity contribution >= 4 is 29.1 Å². The molecule has 5 nitrogen and oxygen atoms in total. The molecular weight excluding hydrogens is 392 g/mol. The minimum atomic E-state index is -1.45. The molecule has 0 aliphatic heterocycles. The van der Waals surface area contributed by atoms with Crippen LogP contribution in [-0.2, 0) is 19.1 Å². The van der Waals surface area contributed by atoms with Gasteiger partial charge in [-0.2, -0.15) is 0 Å². The molecular formula is C23H31ClO5. The normalized spacial score (nSPS) is 43.7. The number of ketones is 2. The van der Waals surface area contributed by atoms with E-state index in [4.69, 9.17) is 16.3 Å². The molecule has 1 N–H and O–H groups in total. The van der Waals surface area contributed by atoms with Crippen molar-refractivity contribution in [2.75, 3.05) is 12.5 Å². The number of fused-ring (bicyclic) bond motifs is 5. The largest absolute Gasteiger partial charge is 0.457 e. The fourth-order valence-corrected chi connectivity index (χ4v) is 7.41. The van der Waals surface area contributed by atoms with Crippen LogP contribution >= 0.6 is 11.6 Å². The van der Waals surface area contributed by atoms with E-state index < -0.39 is 29.4 Å². The number of alkyl halides is 1. The third-order valence-electron chi connectivity index (χ3n) is 9.05. The number of ether oxygens (including phenoxy) is 1. The van der Waals surface area contributed by atoms with Gasteiger partial charge in [-0.15, -0.1) is 11.6 Å². The molecule has 0 bridgehead atoms. The van der Waals surface area contributed by atoms with Gasteiger partial charge in [0.25, 0.3) is 0 Å². The fraction of sp³-hybridized carbons (Fsp3) is 0.783. The molecule has 3 fully saturated rings. The Bertz CT molecular complexity index is 775. The van der Waals surface area contributed by atoms with Gasteiger partial charge in [0.05, 0.1) is 0 Å². The number of allylic oxidation sites excluding steroid dienone is 1. The predicted octanol–water partition coefficient (Wildman–Crippen LogP) is 3.60. The Hall–Kier alpha value is -1.20. The molecule has 160 valence electrons. The van der Waals surface area contributed by atoms with Gasteiger partial charge in [-0.25, -0.2) is 0 Å². The molecule has 0 aromatic rings. The van der Waals surface area contributed by atoms with E-state index in [1.54, 1.807) is 0 Å². The van der Waals surface area contributed by atoms with Crippen LogP contribution in [0.4, 0.5) is 0 Å². The highest BCUT2D eigenvalue weighted by Crippen LogP contribution is 2.67. The Balaban J connectivity index is 1.57. The number of hydrogen-bond donors (Lipinski definition) is 1. The van der Waals surface area contributed by atoms with Crippen LogP contribution in [0.15, 0.2) is 11.6 Å². The van der Waals surface area contributed by atoms with Gasteiger partial charge in [-0.05, 0) is 74.2 Å². The highest BCUT2D eigenvalue weighted by molar-refractivity contribution is 6.26. The average Bonchev–Trinajstić information content (AvgIpc) is 2.98. The first-order valence-corrected chi connectivity index (χ1v) is 11.4. The fourth-order valence-electron chi connectivity index (χ4n) is 7.34. The van der Waals surface area contributed by atoms with Gasteiger partial charge in [0, 0.05) is 11.8 Å². The highest BCUT2D eigenvalue weighted by Gasteiger charge is 2.66. The van der Waals surface area contributed by atoms with E-state index in [1.807, 2.05) is 6.08 Å². The summed E-state index contributed by atoms with van der Waals surface area (Å²) in [5.74, 6) is 0.144. The molecule has 29 heavy (non-hydrogen) atoms. The molecule has 0 unspecified atom stereocenters. The Labute approximate surface area is 177 Å². The number of hydrogen-bond acceptors (Lipinski definition) is 5. The van der Waals surface area contributed by atoms with Gasteiger partial charge in [0.2, 0.25) is 5.78 Å². The van der Waals surface area contributed by atoms with Crippen molar-refractivity contribution in [3.63, 3.8) is 0 Å². The standard InChI is InChI=1S/C23H31ClO5/c1-21-8-5-15(25)11-14(21)3-4-16-17(21)6-9-22(2)18(16)7-10-23(22,28)19(26)13-29-20(27)12-24/h11,16-18,28H,3-10,12-13H2,1-2H3/t16-,17+,18+,21-,22+,23+/m0/s1. The average molecular weight is 423 g/mol. The summed E-state index contributed by atoms with van der Waals surface area (Å²) in [6, 6.07) is 0. The van der Waals surface area contributed by atoms with E-state index >= 15 is 0 Å². The van der Waals surface area contributed by atoms with Crippen LogP contribution in [0.3, 0.4) is 0 Å². The van der Waals surface area contributed by atoms with E-state index in [0.29, 0.717) is 24.7 Å². The molecule has 0 amide bonds. The Morgan fingerprint density at radius 2 is 1.86 bits per heavy atom. The Kier molecular flexibility index (Phi) is 5.22. The number of rotatable bonds is 4. The lowest BCUT2D eigenvalue weighted by molar-refractivity contribution is -0.169. The van der Waals surface area contributed by atoms with Crippen LogP contribution in [-0.4, -0.2) is 40.7 Å². The van der Waals surface area contributed by atoms with E-state index in [-0.39, 0.29) is 23.0 Å². The molecule has 0 aromatic heterocycles. The third-order valence-corrected chi connectivity index (χ3v) is 9.27. The lowest BCUT2D eigenvalue weighted by atomic mass is 9.46. The van der Waals surface area contributed by atoms with Crippen LogP contribution in [0.5, 0.6) is 0 Å². The van der Waals surface area contributed by atoms with E-state index in [2.05, 4.69) is 13.8 Å². The Morgan fingerprint density at radius 1 is 1.14 bits per heavy atom. The summed E-state index contributed by atoms with van der Waals surface area (Å²) in [5, 5.41) is 11.5. The number of carbonyl (C=O) groups excluding carboxylic acids is 3. The SMILES string of the molecule is C[C@]12CCC(=O)C=C1CC[C@H]1[C@H]2CC[C@]2(C)[C@@H]1CC[C@@]2(O)C(=O)COC(=O)CCl. The van der Waals surface area contributed by atoms with Crippen LogP contribution in [0, 0.1) is 28.6 Å². The first-order chi connectivity index (χ1) is 13.7. The van der Waals surface area contributed by atoms with E-state index in [9.17, 15) is 19.5 Å². The second-order valence-corrected chi connectivity index (χ2v) is 10.3. The van der Waals surface area contributed by atoms with Gasteiger partial charge in [-0.3, -0.25) is 14.4 Å². The first kappa shape index (κ1) is 21.0. The smallest absolute Gasteiger partial charge is 0.321 e. The zero-order valence-electron chi connectivity index (χ0n) is 17.3. The second kappa shape index (κ2) is 7.19. The van der Waals surface area contributed by atoms with Crippen molar-refractivity contribution in [3.8, 4) is 0 Å². The third kappa shape index (κ3) is 3.03. The quantitative estimate of drug-likeness (QED) is 0.553. The maximum absolute atomic E-state index is 12.9. The number of carbonyl (C=O) groups is 3. The van der Waals surface area contributed by atoms with Gasteiger partial charge in [-0.1, -0.05) is 19.4 Å².